The lowest BCUT2D eigenvalue weighted by atomic mass is 10.1. The Balaban J connectivity index is 1.60. The van der Waals surface area contributed by atoms with Gasteiger partial charge in [-0.2, -0.15) is 0 Å². The first-order valence-corrected chi connectivity index (χ1v) is 8.28. The molecule has 0 heterocycles. The van der Waals surface area contributed by atoms with E-state index in [9.17, 15) is 0 Å². The van der Waals surface area contributed by atoms with Gasteiger partial charge in [-0.05, 0) is 49.9 Å². The molecule has 3 heteroatoms. The normalized spacial score (nSPS) is 14.9. The van der Waals surface area contributed by atoms with E-state index in [1.165, 1.54) is 18.4 Å². The molecule has 0 aliphatic heterocycles. The first-order chi connectivity index (χ1) is 10.1. The van der Waals surface area contributed by atoms with Crippen molar-refractivity contribution in [1.82, 2.24) is 10.2 Å². The fourth-order valence-electron chi connectivity index (χ4n) is 2.30. The van der Waals surface area contributed by atoms with Crippen molar-refractivity contribution < 1.29 is 4.74 Å². The zero-order chi connectivity index (χ0) is 15.1. The number of hydrogen-bond donors (Lipinski definition) is 1. The van der Waals surface area contributed by atoms with Crippen LogP contribution in [-0.2, 0) is 6.54 Å². The summed E-state index contributed by atoms with van der Waals surface area (Å²) in [5, 5.41) is 3.51. The molecule has 21 heavy (non-hydrogen) atoms. The van der Waals surface area contributed by atoms with Gasteiger partial charge in [0.15, 0.2) is 0 Å². The molecular weight excluding hydrogens is 260 g/mol. The minimum Gasteiger partial charge on any atom is -0.494 e. The summed E-state index contributed by atoms with van der Waals surface area (Å²) in [6.45, 7) is 8.38. The molecule has 0 bridgehead atoms. The molecule has 2 rings (SSSR count). The topological polar surface area (TPSA) is 24.5 Å². The zero-order valence-corrected chi connectivity index (χ0v) is 13.8. The molecule has 0 saturated heterocycles. The van der Waals surface area contributed by atoms with Crippen LogP contribution in [-0.4, -0.2) is 37.7 Å². The van der Waals surface area contributed by atoms with Gasteiger partial charge in [-0.15, -0.1) is 0 Å². The maximum absolute atomic E-state index is 5.74. The van der Waals surface area contributed by atoms with E-state index in [0.717, 1.165) is 44.5 Å². The highest BCUT2D eigenvalue weighted by Crippen LogP contribution is 2.24. The second kappa shape index (κ2) is 8.40. The molecule has 3 nitrogen and oxygen atoms in total. The van der Waals surface area contributed by atoms with Gasteiger partial charge >= 0.3 is 0 Å². The van der Waals surface area contributed by atoms with Gasteiger partial charge in [0.1, 0.15) is 5.75 Å². The van der Waals surface area contributed by atoms with Crippen molar-refractivity contribution in [3.8, 4) is 5.75 Å². The van der Waals surface area contributed by atoms with Crippen LogP contribution in [0, 0.1) is 5.92 Å². The highest BCUT2D eigenvalue weighted by atomic mass is 16.5. The number of nitrogens with zero attached hydrogens (tertiary/aromatic N) is 1. The minimum absolute atomic E-state index is 0.697. The molecular formula is C18H30N2O. The van der Waals surface area contributed by atoms with E-state index in [1.807, 2.05) is 0 Å². The number of hydrogen-bond acceptors (Lipinski definition) is 3. The molecule has 0 atom stereocenters. The van der Waals surface area contributed by atoms with Crippen LogP contribution >= 0.6 is 0 Å². The van der Waals surface area contributed by atoms with Crippen LogP contribution in [0.1, 0.15) is 38.7 Å². The van der Waals surface area contributed by atoms with Crippen LogP contribution in [0.15, 0.2) is 24.3 Å². The molecule has 1 aliphatic rings. The van der Waals surface area contributed by atoms with Gasteiger partial charge in [0.05, 0.1) is 6.61 Å². The molecule has 1 saturated carbocycles. The summed E-state index contributed by atoms with van der Waals surface area (Å²) < 4.78 is 5.74. The van der Waals surface area contributed by atoms with Crippen molar-refractivity contribution in [3.05, 3.63) is 29.8 Å². The van der Waals surface area contributed by atoms with Crippen molar-refractivity contribution in [3.63, 3.8) is 0 Å². The SMILES string of the molecule is CC(C)CCOc1ccc(CNCCN(C)C2CC2)cc1. The van der Waals surface area contributed by atoms with E-state index in [1.54, 1.807) is 0 Å². The average molecular weight is 290 g/mol. The Bertz CT molecular complexity index is 398. The minimum atomic E-state index is 0.697. The molecule has 0 amide bonds. The average Bonchev–Trinajstić information content (AvgIpc) is 3.29. The molecule has 1 aromatic carbocycles. The summed E-state index contributed by atoms with van der Waals surface area (Å²) in [5.41, 5.74) is 1.32. The lowest BCUT2D eigenvalue weighted by Gasteiger charge is -2.15. The molecule has 0 spiro atoms. The zero-order valence-electron chi connectivity index (χ0n) is 13.8. The highest BCUT2D eigenvalue weighted by Gasteiger charge is 2.25. The summed E-state index contributed by atoms with van der Waals surface area (Å²) in [7, 11) is 2.22. The van der Waals surface area contributed by atoms with E-state index in [-0.39, 0.29) is 0 Å². The summed E-state index contributed by atoms with van der Waals surface area (Å²) in [5.74, 6) is 1.68. The Kier molecular flexibility index (Phi) is 6.52. The Morgan fingerprint density at radius 1 is 1.24 bits per heavy atom. The van der Waals surface area contributed by atoms with Crippen molar-refractivity contribution in [1.29, 1.82) is 0 Å². The summed E-state index contributed by atoms with van der Waals surface area (Å²) >= 11 is 0. The molecule has 0 radical (unpaired) electrons. The summed E-state index contributed by atoms with van der Waals surface area (Å²) in [6, 6.07) is 9.32. The largest absolute Gasteiger partial charge is 0.494 e. The van der Waals surface area contributed by atoms with Crippen LogP contribution in [0.2, 0.25) is 0 Å². The fourth-order valence-corrected chi connectivity index (χ4v) is 2.30. The van der Waals surface area contributed by atoms with Crippen molar-refractivity contribution in [2.24, 2.45) is 5.92 Å². The van der Waals surface area contributed by atoms with Gasteiger partial charge in [-0.1, -0.05) is 26.0 Å². The standard InChI is InChI=1S/C18H30N2O/c1-15(2)10-13-21-18-8-4-16(5-9-18)14-19-11-12-20(3)17-6-7-17/h4-5,8-9,15,17,19H,6-7,10-14H2,1-3H3. The first kappa shape index (κ1) is 16.3. The molecule has 1 N–H and O–H groups in total. The molecule has 0 unspecified atom stereocenters. The van der Waals surface area contributed by atoms with Gasteiger partial charge in [0, 0.05) is 25.7 Å². The van der Waals surface area contributed by atoms with Gasteiger partial charge in [-0.3, -0.25) is 0 Å². The maximum Gasteiger partial charge on any atom is 0.119 e. The smallest absolute Gasteiger partial charge is 0.119 e. The Morgan fingerprint density at radius 2 is 1.95 bits per heavy atom. The maximum atomic E-state index is 5.74. The third kappa shape index (κ3) is 6.49. The van der Waals surface area contributed by atoms with Crippen LogP contribution in [0.25, 0.3) is 0 Å². The lowest BCUT2D eigenvalue weighted by Crippen LogP contribution is -2.30. The van der Waals surface area contributed by atoms with E-state index in [2.05, 4.69) is 55.4 Å². The Hall–Kier alpha value is -1.06. The van der Waals surface area contributed by atoms with Gasteiger partial charge < -0.3 is 15.0 Å². The fraction of sp³-hybridized carbons (Fsp3) is 0.667. The van der Waals surface area contributed by atoms with E-state index < -0.39 is 0 Å². The summed E-state index contributed by atoms with van der Waals surface area (Å²) in [6.07, 6.45) is 3.88. The van der Waals surface area contributed by atoms with Gasteiger partial charge in [0.2, 0.25) is 0 Å². The van der Waals surface area contributed by atoms with Crippen molar-refractivity contribution >= 4 is 0 Å². The number of ether oxygens (including phenoxy) is 1. The predicted octanol–water partition coefficient (Wildman–Crippen LogP) is 3.30. The Labute approximate surface area is 129 Å². The molecule has 1 aliphatic carbocycles. The van der Waals surface area contributed by atoms with Crippen LogP contribution < -0.4 is 10.1 Å². The van der Waals surface area contributed by atoms with Crippen LogP contribution in [0.4, 0.5) is 0 Å². The number of likely N-dealkylation sites (N-methyl/N-ethyl adjacent to an activating group) is 1. The first-order valence-electron chi connectivity index (χ1n) is 8.28. The van der Waals surface area contributed by atoms with Crippen molar-refractivity contribution in [2.75, 3.05) is 26.7 Å². The second-order valence-electron chi connectivity index (χ2n) is 6.56. The quantitative estimate of drug-likeness (QED) is 0.669. The number of rotatable bonds is 10. The summed E-state index contributed by atoms with van der Waals surface area (Å²) in [4.78, 5) is 2.46. The van der Waals surface area contributed by atoms with Crippen LogP contribution in [0.5, 0.6) is 5.75 Å². The lowest BCUT2D eigenvalue weighted by molar-refractivity contribution is 0.289. The highest BCUT2D eigenvalue weighted by molar-refractivity contribution is 5.27. The van der Waals surface area contributed by atoms with E-state index >= 15 is 0 Å². The number of benzene rings is 1. The monoisotopic (exact) mass is 290 g/mol. The van der Waals surface area contributed by atoms with Gasteiger partial charge in [-0.25, -0.2) is 0 Å². The molecule has 1 aromatic rings. The number of nitrogens with one attached hydrogen (secondary N) is 1. The second-order valence-corrected chi connectivity index (χ2v) is 6.56. The molecule has 118 valence electrons. The third-order valence-electron chi connectivity index (χ3n) is 4.03. The van der Waals surface area contributed by atoms with Crippen molar-refractivity contribution in [2.45, 2.75) is 45.7 Å². The molecule has 1 fully saturated rings. The molecule has 0 aromatic heterocycles. The Morgan fingerprint density at radius 3 is 2.57 bits per heavy atom. The van der Waals surface area contributed by atoms with Crippen LogP contribution in [0.3, 0.4) is 0 Å². The van der Waals surface area contributed by atoms with Gasteiger partial charge in [0.25, 0.3) is 0 Å². The van der Waals surface area contributed by atoms with E-state index in [4.69, 9.17) is 4.74 Å². The third-order valence-corrected chi connectivity index (χ3v) is 4.03. The van der Waals surface area contributed by atoms with E-state index in [0.29, 0.717) is 5.92 Å². The predicted molar refractivity (Wildman–Crippen MR) is 88.8 cm³/mol.